The molecule has 6 rings (SSSR count). The summed E-state index contributed by atoms with van der Waals surface area (Å²) in [5.74, 6) is 5.32. The zero-order valence-electron chi connectivity index (χ0n) is 44.3. The number of aliphatic hydroxyl groups is 4. The third-order valence-corrected chi connectivity index (χ3v) is 13.8. The zero-order chi connectivity index (χ0) is 56.7. The van der Waals surface area contributed by atoms with E-state index in [9.17, 15) is 39.0 Å². The second-order valence-corrected chi connectivity index (χ2v) is 19.5. The van der Waals surface area contributed by atoms with E-state index in [1.807, 2.05) is 0 Å². The molecule has 4 amide bonds. The van der Waals surface area contributed by atoms with E-state index in [1.54, 1.807) is 97.1 Å². The molecule has 2 heterocycles. The number of Topliss-reactive ketones (excluding diaryl/α,β-unsaturated/α-hetero) is 2. The number of likely N-dealkylation sites (N-methyl/N-ethyl adjacent to an activating group) is 4. The number of aliphatic hydroxyl groups excluding tert-OH is 4. The van der Waals surface area contributed by atoms with Crippen molar-refractivity contribution in [1.82, 2.24) is 20.4 Å². The smallest absolute Gasteiger partial charge is 0.254 e. The maximum absolute atomic E-state index is 13.3. The predicted molar refractivity (Wildman–Crippen MR) is 295 cm³/mol. The molecule has 2 unspecified atom stereocenters. The molecule has 2 aliphatic heterocycles. The first-order chi connectivity index (χ1) is 36.8. The maximum atomic E-state index is 13.3. The van der Waals surface area contributed by atoms with Crippen molar-refractivity contribution in [3.05, 3.63) is 140 Å². The highest BCUT2D eigenvalue weighted by molar-refractivity contribution is 14.1. The van der Waals surface area contributed by atoms with Gasteiger partial charge in [0.25, 0.3) is 23.6 Å². The van der Waals surface area contributed by atoms with Gasteiger partial charge in [0, 0.05) is 72.8 Å². The molecular formula is C58H69IN4O14. The molecule has 18 nitrogen and oxygen atoms in total. The molecule has 0 aliphatic carbocycles. The number of benzene rings is 4. The Morgan fingerprint density at radius 2 is 0.974 bits per heavy atom. The quantitative estimate of drug-likeness (QED) is 0.0457. The van der Waals surface area contributed by atoms with Crippen LogP contribution in [0.1, 0.15) is 113 Å². The number of carbonyl (C=O) groups is 6. The number of ether oxygens (including phenoxy) is 4. The van der Waals surface area contributed by atoms with Gasteiger partial charge < -0.3 is 59.8 Å². The number of amides is 4. The van der Waals surface area contributed by atoms with Gasteiger partial charge in [0.1, 0.15) is 25.4 Å². The van der Waals surface area contributed by atoms with Crippen LogP contribution in [0.5, 0.6) is 0 Å². The number of terminal acetylenes is 1. The van der Waals surface area contributed by atoms with Crippen molar-refractivity contribution >= 4 is 57.8 Å². The van der Waals surface area contributed by atoms with E-state index in [2.05, 4.69) is 51.0 Å². The van der Waals surface area contributed by atoms with Gasteiger partial charge in [-0.15, -0.1) is 6.42 Å². The Kier molecular flexibility index (Phi) is 25.5. The number of halogens is 1. The Morgan fingerprint density at radius 1 is 0.623 bits per heavy atom. The summed E-state index contributed by atoms with van der Waals surface area (Å²) in [7, 11) is 5.71. The summed E-state index contributed by atoms with van der Waals surface area (Å²) in [6.45, 7) is 2.70. The van der Waals surface area contributed by atoms with E-state index >= 15 is 0 Å². The highest BCUT2D eigenvalue weighted by Crippen LogP contribution is 2.24. The van der Waals surface area contributed by atoms with E-state index in [-0.39, 0.29) is 26.4 Å². The summed E-state index contributed by atoms with van der Waals surface area (Å²) >= 11 is 2.14. The van der Waals surface area contributed by atoms with Crippen molar-refractivity contribution in [2.24, 2.45) is 0 Å². The van der Waals surface area contributed by atoms with Crippen LogP contribution in [0, 0.1) is 27.8 Å². The molecule has 0 radical (unpaired) electrons. The Morgan fingerprint density at radius 3 is 1.30 bits per heavy atom. The number of nitrogens with one attached hydrogen (secondary N) is 2. The molecule has 2 aliphatic rings. The number of nitrogens with zero attached hydrogens (tertiary/aromatic N) is 2. The SMILES string of the molecule is C#Cc1ccc([C@H](O)CO)cc1.CNC(=O)[C@@](C)(C(=O)COC1CCCCO1)N(C)C(=O)c1ccc(C#Cc2ccc([C@H](O)CO)cc2)cc1.CNC(=O)[C@@](C)(C(=O)COC1CCCCO1)N(C)C(=O)c1ccc(I)cc1. The third kappa shape index (κ3) is 17.6. The Labute approximate surface area is 463 Å². The highest BCUT2D eigenvalue weighted by atomic mass is 127. The van der Waals surface area contributed by atoms with Gasteiger partial charge in [0.05, 0.1) is 13.2 Å². The third-order valence-electron chi connectivity index (χ3n) is 13.1. The van der Waals surface area contributed by atoms with Crippen LogP contribution < -0.4 is 10.6 Å². The van der Waals surface area contributed by atoms with Crippen molar-refractivity contribution in [2.45, 2.75) is 88.2 Å². The fraction of sp³-hybridized carbons (Fsp3) is 0.414. The molecule has 4 aromatic carbocycles. The van der Waals surface area contributed by atoms with Crippen molar-refractivity contribution < 1.29 is 68.1 Å². The van der Waals surface area contributed by atoms with Crippen molar-refractivity contribution in [3.63, 3.8) is 0 Å². The average molecular weight is 1170 g/mol. The molecule has 19 heteroatoms. The topological polar surface area (TPSA) is 251 Å². The molecule has 2 saturated heterocycles. The van der Waals surface area contributed by atoms with Gasteiger partial charge in [0.15, 0.2) is 35.2 Å². The summed E-state index contributed by atoms with van der Waals surface area (Å²) < 4.78 is 23.1. The Hall–Kier alpha value is -6.37. The molecule has 0 bridgehead atoms. The summed E-state index contributed by atoms with van der Waals surface area (Å²) in [5, 5.41) is 41.5. The monoisotopic (exact) mass is 1170 g/mol. The highest BCUT2D eigenvalue weighted by Gasteiger charge is 2.48. The van der Waals surface area contributed by atoms with Gasteiger partial charge in [0.2, 0.25) is 0 Å². The molecular weight excluding hydrogens is 1100 g/mol. The van der Waals surface area contributed by atoms with Crippen LogP contribution in [-0.2, 0) is 38.1 Å². The van der Waals surface area contributed by atoms with Gasteiger partial charge >= 0.3 is 0 Å². The van der Waals surface area contributed by atoms with Crippen LogP contribution >= 0.6 is 22.6 Å². The Balaban J connectivity index is 0.000000283. The minimum Gasteiger partial charge on any atom is -0.393 e. The van der Waals surface area contributed by atoms with Crippen LogP contribution in [0.25, 0.3) is 0 Å². The second kappa shape index (κ2) is 31.1. The van der Waals surface area contributed by atoms with Crippen LogP contribution in [0.4, 0.5) is 0 Å². The Bertz CT molecular complexity index is 2690. The number of hydrogen-bond donors (Lipinski definition) is 6. The lowest BCUT2D eigenvalue weighted by molar-refractivity contribution is -0.174. The minimum absolute atomic E-state index is 0.268. The standard InChI is InChI=1S/C29H34N2O7.C19H25IN2O5.C10H10O2/c1-29(28(36)30-2,25(34)19-38-26-6-4-5-17-37-26)31(3)27(35)23-15-11-21(12-16-23)8-7-20-9-13-22(14-10-20)24(33)18-32;1-19(18(25)21-2,15(23)12-27-16-6-4-5-11-26-16)22(3)17(24)13-7-9-14(20)10-8-13;1-2-8-3-5-9(6-4-8)10(12)7-11/h9-16,24,26,32-33H,4-6,17-19H2,1-3H3,(H,30,36);7-10,16H,4-6,11-12H2,1-3H3,(H,21,25);1,3-6,10-12H,7H2/t24-,26?,29-;16?,19-;10-/m111/s1. The summed E-state index contributed by atoms with van der Waals surface area (Å²) in [5.41, 5.74) is 0.644. The fourth-order valence-electron chi connectivity index (χ4n) is 7.75. The molecule has 0 aromatic heterocycles. The summed E-state index contributed by atoms with van der Waals surface area (Å²) in [6, 6.07) is 27.2. The van der Waals surface area contributed by atoms with Gasteiger partial charge in [-0.1, -0.05) is 42.0 Å². The number of hydrogen-bond acceptors (Lipinski definition) is 14. The summed E-state index contributed by atoms with van der Waals surface area (Å²) in [4.78, 5) is 79.8. The normalized spacial score (nSPS) is 17.1. The first-order valence-corrected chi connectivity index (χ1v) is 26.0. The molecule has 0 saturated carbocycles. The van der Waals surface area contributed by atoms with Gasteiger partial charge in [-0.2, -0.15) is 0 Å². The lowest BCUT2D eigenvalue weighted by Gasteiger charge is -2.36. The van der Waals surface area contributed by atoms with E-state index in [0.29, 0.717) is 53.9 Å². The maximum Gasteiger partial charge on any atom is 0.254 e. The van der Waals surface area contributed by atoms with E-state index < -0.39 is 71.1 Å². The summed E-state index contributed by atoms with van der Waals surface area (Å²) in [6.07, 6.45) is 7.65. The predicted octanol–water partition coefficient (Wildman–Crippen LogP) is 4.47. The fourth-order valence-corrected chi connectivity index (χ4v) is 8.11. The van der Waals surface area contributed by atoms with Gasteiger partial charge in [-0.25, -0.2) is 0 Å². The van der Waals surface area contributed by atoms with E-state index in [1.165, 1.54) is 46.9 Å². The van der Waals surface area contributed by atoms with Crippen LogP contribution in [0.2, 0.25) is 0 Å². The zero-order valence-corrected chi connectivity index (χ0v) is 46.4. The second-order valence-electron chi connectivity index (χ2n) is 18.2. The lowest BCUT2D eigenvalue weighted by atomic mass is 9.92. The van der Waals surface area contributed by atoms with Crippen molar-refractivity contribution in [2.75, 3.05) is 67.8 Å². The number of ketones is 2. The molecule has 0 spiro atoms. The number of carbonyl (C=O) groups excluding carboxylic acids is 6. The molecule has 6 N–H and O–H groups in total. The van der Waals surface area contributed by atoms with Crippen molar-refractivity contribution in [1.29, 1.82) is 0 Å². The largest absolute Gasteiger partial charge is 0.393 e. The number of rotatable bonds is 18. The van der Waals surface area contributed by atoms with E-state index in [4.69, 9.17) is 35.6 Å². The van der Waals surface area contributed by atoms with Crippen LogP contribution in [0.3, 0.4) is 0 Å². The molecule has 2 fully saturated rings. The van der Waals surface area contributed by atoms with E-state index in [0.717, 1.165) is 45.3 Å². The lowest BCUT2D eigenvalue weighted by Crippen LogP contribution is -2.62. The van der Waals surface area contributed by atoms with Crippen LogP contribution in [-0.4, -0.2) is 157 Å². The van der Waals surface area contributed by atoms with Crippen molar-refractivity contribution in [3.8, 4) is 24.2 Å². The molecule has 77 heavy (non-hydrogen) atoms. The first kappa shape index (κ1) is 63.2. The average Bonchev–Trinajstić information content (AvgIpc) is 3.48. The first-order valence-electron chi connectivity index (χ1n) is 24.9. The molecule has 412 valence electrons. The minimum atomic E-state index is -1.78. The van der Waals surface area contributed by atoms with Gasteiger partial charge in [-0.05, 0) is 159 Å². The molecule has 6 atom stereocenters. The molecule has 4 aromatic rings. The van der Waals surface area contributed by atoms with Gasteiger partial charge in [-0.3, -0.25) is 28.8 Å². The van der Waals surface area contributed by atoms with Crippen LogP contribution in [0.15, 0.2) is 97.1 Å².